The molecule has 12 heteroatoms. The standard InChI is InChI=1S/C28H36ClN3O6S2/c1-19-17-21(18-20(2)26(19)29)38-15-8-12-24-23-11-6-7-13-25(23)31-27(24)28(33)32-39(34,35)16-14-30-40(36,37)22-9-4-3-5-10-22/h6-7,11,13,17-18,22,30-31H,3-5,8-10,12,14-16H2,1-2H3,(H,32,33). The van der Waals surface area contributed by atoms with Crippen LogP contribution in [-0.4, -0.2) is 51.9 Å². The average molecular weight is 610 g/mol. The molecule has 218 valence electrons. The van der Waals surface area contributed by atoms with Gasteiger partial charge in [-0.2, -0.15) is 0 Å². The van der Waals surface area contributed by atoms with Crippen molar-refractivity contribution in [2.45, 2.75) is 64.0 Å². The van der Waals surface area contributed by atoms with Crippen LogP contribution in [0.1, 0.15) is 65.7 Å². The van der Waals surface area contributed by atoms with E-state index in [0.29, 0.717) is 54.1 Å². The largest absolute Gasteiger partial charge is 0.494 e. The van der Waals surface area contributed by atoms with E-state index in [-0.39, 0.29) is 12.2 Å². The summed E-state index contributed by atoms with van der Waals surface area (Å²) in [5.41, 5.74) is 3.41. The third-order valence-corrected chi connectivity index (χ3v) is 11.0. The number of nitrogens with one attached hydrogen (secondary N) is 3. The minimum Gasteiger partial charge on any atom is -0.494 e. The van der Waals surface area contributed by atoms with Gasteiger partial charge >= 0.3 is 0 Å². The van der Waals surface area contributed by atoms with Gasteiger partial charge in [0.25, 0.3) is 5.91 Å². The van der Waals surface area contributed by atoms with Crippen LogP contribution in [0, 0.1) is 13.8 Å². The Morgan fingerprint density at radius 3 is 2.42 bits per heavy atom. The number of hydrogen-bond acceptors (Lipinski definition) is 6. The number of hydrogen-bond donors (Lipinski definition) is 3. The number of H-pyrrole nitrogens is 1. The highest BCUT2D eigenvalue weighted by Gasteiger charge is 2.28. The van der Waals surface area contributed by atoms with Crippen molar-refractivity contribution in [3.05, 3.63) is 63.8 Å². The van der Waals surface area contributed by atoms with Crippen LogP contribution in [0.3, 0.4) is 0 Å². The SMILES string of the molecule is Cc1cc(OCCCc2c(C(=O)NS(=O)(=O)CCNS(=O)(=O)C3CCCCC3)[nH]c3ccccc23)cc(C)c1Cl. The zero-order valence-electron chi connectivity index (χ0n) is 22.8. The molecule has 40 heavy (non-hydrogen) atoms. The van der Waals surface area contributed by atoms with E-state index >= 15 is 0 Å². The maximum atomic E-state index is 13.1. The number of amides is 1. The Balaban J connectivity index is 1.38. The van der Waals surface area contributed by atoms with E-state index in [1.54, 1.807) is 0 Å². The van der Waals surface area contributed by atoms with Crippen molar-refractivity contribution in [3.63, 3.8) is 0 Å². The molecule has 4 rings (SSSR count). The Labute approximate surface area is 241 Å². The Morgan fingerprint density at radius 1 is 1.05 bits per heavy atom. The van der Waals surface area contributed by atoms with Gasteiger partial charge in [0.1, 0.15) is 11.4 Å². The quantitative estimate of drug-likeness (QED) is 0.253. The van der Waals surface area contributed by atoms with Crippen LogP contribution in [-0.2, 0) is 26.5 Å². The number of carbonyl (C=O) groups is 1. The van der Waals surface area contributed by atoms with Gasteiger partial charge in [0, 0.05) is 22.5 Å². The fourth-order valence-corrected chi connectivity index (χ4v) is 7.81. The molecule has 1 amide bonds. The summed E-state index contributed by atoms with van der Waals surface area (Å²) >= 11 is 6.24. The van der Waals surface area contributed by atoms with Gasteiger partial charge in [-0.25, -0.2) is 26.3 Å². The number of ether oxygens (including phenoxy) is 1. The molecule has 3 N–H and O–H groups in total. The molecule has 0 bridgehead atoms. The number of halogens is 1. The summed E-state index contributed by atoms with van der Waals surface area (Å²) in [5.74, 6) is -0.624. The number of aromatic nitrogens is 1. The lowest BCUT2D eigenvalue weighted by Gasteiger charge is -2.21. The van der Waals surface area contributed by atoms with E-state index in [4.69, 9.17) is 16.3 Å². The lowest BCUT2D eigenvalue weighted by Crippen LogP contribution is -2.41. The topological polar surface area (TPSA) is 134 Å². The molecular weight excluding hydrogens is 574 g/mol. The number of sulfonamides is 2. The van der Waals surface area contributed by atoms with Gasteiger partial charge in [-0.1, -0.05) is 49.1 Å². The molecule has 0 aliphatic heterocycles. The average Bonchev–Trinajstić information content (AvgIpc) is 3.28. The van der Waals surface area contributed by atoms with Crippen molar-refractivity contribution in [2.24, 2.45) is 0 Å². The Kier molecular flexibility index (Phi) is 9.81. The van der Waals surface area contributed by atoms with Crippen LogP contribution in [0.4, 0.5) is 0 Å². The molecule has 0 saturated heterocycles. The highest BCUT2D eigenvalue weighted by atomic mass is 35.5. The summed E-state index contributed by atoms with van der Waals surface area (Å²) in [6.07, 6.45) is 4.91. The summed E-state index contributed by atoms with van der Waals surface area (Å²) in [6, 6.07) is 11.1. The van der Waals surface area contributed by atoms with Crippen LogP contribution >= 0.6 is 11.6 Å². The third kappa shape index (κ3) is 7.57. The van der Waals surface area contributed by atoms with Gasteiger partial charge in [-0.05, 0) is 74.4 Å². The lowest BCUT2D eigenvalue weighted by molar-refractivity contribution is 0.0976. The zero-order chi connectivity index (χ0) is 28.9. The third-order valence-electron chi connectivity index (χ3n) is 7.20. The van der Waals surface area contributed by atoms with Crippen molar-refractivity contribution < 1.29 is 26.4 Å². The van der Waals surface area contributed by atoms with Crippen LogP contribution in [0.15, 0.2) is 36.4 Å². The second kappa shape index (κ2) is 12.9. The molecule has 1 aliphatic carbocycles. The van der Waals surface area contributed by atoms with Crippen LogP contribution in [0.2, 0.25) is 5.02 Å². The molecule has 3 aromatic rings. The minimum atomic E-state index is -4.09. The smallest absolute Gasteiger partial charge is 0.281 e. The van der Waals surface area contributed by atoms with Gasteiger partial charge in [-0.3, -0.25) is 4.79 Å². The molecule has 1 aliphatic rings. The van der Waals surface area contributed by atoms with Crippen LogP contribution in [0.25, 0.3) is 10.9 Å². The van der Waals surface area contributed by atoms with E-state index in [1.807, 2.05) is 50.2 Å². The first-order valence-electron chi connectivity index (χ1n) is 13.5. The Morgan fingerprint density at radius 2 is 1.73 bits per heavy atom. The number of rotatable bonds is 12. The van der Waals surface area contributed by atoms with E-state index in [2.05, 4.69) is 14.4 Å². The predicted octanol–water partition coefficient (Wildman–Crippen LogP) is 4.76. The molecule has 1 aromatic heterocycles. The van der Waals surface area contributed by atoms with Crippen LogP contribution in [0.5, 0.6) is 5.75 Å². The summed E-state index contributed by atoms with van der Waals surface area (Å²) in [4.78, 5) is 16.2. The van der Waals surface area contributed by atoms with Crippen molar-refractivity contribution in [1.82, 2.24) is 14.4 Å². The fourth-order valence-electron chi connectivity index (χ4n) is 5.14. The number of carbonyl (C=O) groups excluding carboxylic acids is 1. The van der Waals surface area contributed by atoms with Gasteiger partial charge in [0.05, 0.1) is 17.6 Å². The second-order valence-corrected chi connectivity index (χ2v) is 14.6. The molecule has 0 radical (unpaired) electrons. The van der Waals surface area contributed by atoms with Gasteiger partial charge in [-0.15, -0.1) is 0 Å². The Bertz CT molecular complexity index is 1560. The number of para-hydroxylation sites is 1. The van der Waals surface area contributed by atoms with Gasteiger partial charge in [0.2, 0.25) is 20.0 Å². The lowest BCUT2D eigenvalue weighted by atomic mass is 10.0. The first kappa shape index (κ1) is 30.4. The molecule has 0 spiro atoms. The summed E-state index contributed by atoms with van der Waals surface area (Å²) in [6.45, 7) is 3.92. The van der Waals surface area contributed by atoms with Gasteiger partial charge < -0.3 is 9.72 Å². The number of fused-ring (bicyclic) bond motifs is 1. The van der Waals surface area contributed by atoms with Crippen LogP contribution < -0.4 is 14.2 Å². The molecule has 1 fully saturated rings. The second-order valence-electron chi connectivity index (χ2n) is 10.3. The van der Waals surface area contributed by atoms with Crippen molar-refractivity contribution in [2.75, 3.05) is 18.9 Å². The highest BCUT2D eigenvalue weighted by molar-refractivity contribution is 7.91. The zero-order valence-corrected chi connectivity index (χ0v) is 25.1. The first-order chi connectivity index (χ1) is 19.0. The van der Waals surface area contributed by atoms with E-state index < -0.39 is 37.0 Å². The Hall–Kier alpha value is -2.60. The minimum absolute atomic E-state index is 0.158. The number of aromatic amines is 1. The van der Waals surface area contributed by atoms with Crippen molar-refractivity contribution in [1.29, 1.82) is 0 Å². The molecular formula is C28H36ClN3O6S2. The number of benzene rings is 2. The molecule has 0 atom stereocenters. The molecule has 1 heterocycles. The maximum Gasteiger partial charge on any atom is 0.281 e. The van der Waals surface area contributed by atoms with Crippen molar-refractivity contribution >= 4 is 48.5 Å². The monoisotopic (exact) mass is 609 g/mol. The van der Waals surface area contributed by atoms with Crippen molar-refractivity contribution in [3.8, 4) is 5.75 Å². The maximum absolute atomic E-state index is 13.1. The summed E-state index contributed by atoms with van der Waals surface area (Å²) < 4.78 is 60.8. The molecule has 9 nitrogen and oxygen atoms in total. The molecule has 2 aromatic carbocycles. The highest BCUT2D eigenvalue weighted by Crippen LogP contribution is 2.27. The number of aryl methyl sites for hydroxylation is 3. The summed E-state index contributed by atoms with van der Waals surface area (Å²) in [7, 11) is -7.69. The molecule has 1 saturated carbocycles. The fraction of sp³-hybridized carbons (Fsp3) is 0.464. The normalized spacial score (nSPS) is 14.9. The summed E-state index contributed by atoms with van der Waals surface area (Å²) in [5, 5.41) is 1.03. The van der Waals surface area contributed by atoms with E-state index in [0.717, 1.165) is 35.8 Å². The van der Waals surface area contributed by atoms with E-state index in [1.165, 1.54) is 0 Å². The predicted molar refractivity (Wildman–Crippen MR) is 158 cm³/mol. The van der Waals surface area contributed by atoms with Gasteiger partial charge in [0.15, 0.2) is 0 Å². The molecule has 0 unspecified atom stereocenters. The van der Waals surface area contributed by atoms with E-state index in [9.17, 15) is 21.6 Å². The first-order valence-corrected chi connectivity index (χ1v) is 17.1.